The summed E-state index contributed by atoms with van der Waals surface area (Å²) in [5, 5.41) is 25.8. The highest BCUT2D eigenvalue weighted by molar-refractivity contribution is 5.87. The minimum atomic E-state index is -1.50. The number of ether oxygens (including phenoxy) is 1. The van der Waals surface area contributed by atoms with Crippen LogP contribution in [0, 0.1) is 0 Å². The van der Waals surface area contributed by atoms with Crippen molar-refractivity contribution in [2.45, 2.75) is 70.9 Å². The van der Waals surface area contributed by atoms with Gasteiger partial charge in [-0.3, -0.25) is 4.90 Å². The standard InChI is InChI=1S/C16H23N5O3.C3H8O2/c1-16(2,3)24-15(23)21-9(7-22)4-5-11(21)10-6-18-13-12(10)19-8-20-14(13)17;1-3(2,4)5/h6,8-9,11,18,22H,4-5,7H2,1-3H3,(H2,17,19,20);4-5H,1-2H3. The van der Waals surface area contributed by atoms with Gasteiger partial charge in [0.15, 0.2) is 11.6 Å². The van der Waals surface area contributed by atoms with E-state index in [1.807, 2.05) is 20.8 Å². The highest BCUT2D eigenvalue weighted by Crippen LogP contribution is 2.39. The zero-order chi connectivity index (χ0) is 22.0. The maximum absolute atomic E-state index is 12.7. The number of nitrogens with two attached hydrogens (primary N) is 1. The van der Waals surface area contributed by atoms with Gasteiger partial charge in [0.2, 0.25) is 0 Å². The maximum atomic E-state index is 12.7. The molecule has 2 atom stereocenters. The number of aromatic nitrogens is 3. The van der Waals surface area contributed by atoms with Gasteiger partial charge >= 0.3 is 6.09 Å². The Bertz CT molecular complexity index is 834. The number of carbonyl (C=O) groups excluding carboxylic acids is 1. The molecule has 0 radical (unpaired) electrons. The summed E-state index contributed by atoms with van der Waals surface area (Å²) in [5.41, 5.74) is 7.48. The third kappa shape index (κ3) is 6.02. The number of nitrogen functional groups attached to an aromatic ring is 1. The number of H-pyrrole nitrogens is 1. The molecule has 6 N–H and O–H groups in total. The fourth-order valence-electron chi connectivity index (χ4n) is 3.19. The van der Waals surface area contributed by atoms with Gasteiger partial charge < -0.3 is 30.8 Å². The Hall–Kier alpha value is -2.43. The highest BCUT2D eigenvalue weighted by atomic mass is 16.6. The fourth-order valence-corrected chi connectivity index (χ4v) is 3.19. The lowest BCUT2D eigenvalue weighted by Gasteiger charge is -2.31. The zero-order valence-electron chi connectivity index (χ0n) is 17.5. The predicted molar refractivity (Wildman–Crippen MR) is 108 cm³/mol. The van der Waals surface area contributed by atoms with Gasteiger partial charge in [-0.1, -0.05) is 0 Å². The molecule has 2 aromatic rings. The van der Waals surface area contributed by atoms with Crippen LogP contribution < -0.4 is 5.73 Å². The van der Waals surface area contributed by atoms with Gasteiger partial charge in [-0.25, -0.2) is 14.8 Å². The molecule has 3 heterocycles. The molecule has 1 saturated heterocycles. The Kier molecular flexibility index (Phi) is 6.71. The molecule has 0 aromatic carbocycles. The Morgan fingerprint density at radius 2 is 1.90 bits per heavy atom. The summed E-state index contributed by atoms with van der Waals surface area (Å²) in [5.74, 6) is -1.13. The first-order valence-corrected chi connectivity index (χ1v) is 9.46. The van der Waals surface area contributed by atoms with Crippen LogP contribution in [0.3, 0.4) is 0 Å². The van der Waals surface area contributed by atoms with E-state index in [0.29, 0.717) is 23.3 Å². The zero-order valence-corrected chi connectivity index (χ0v) is 17.5. The molecule has 0 saturated carbocycles. The molecule has 1 aliphatic heterocycles. The second-order valence-corrected chi connectivity index (χ2v) is 8.54. The van der Waals surface area contributed by atoms with Crippen LogP contribution >= 0.6 is 0 Å². The Labute approximate surface area is 169 Å². The molecule has 0 bridgehead atoms. The molecular weight excluding hydrogens is 378 g/mol. The van der Waals surface area contributed by atoms with Gasteiger partial charge in [0.1, 0.15) is 17.4 Å². The first-order valence-electron chi connectivity index (χ1n) is 9.46. The topological polar surface area (TPSA) is 158 Å². The van der Waals surface area contributed by atoms with Crippen molar-refractivity contribution in [3.63, 3.8) is 0 Å². The van der Waals surface area contributed by atoms with E-state index in [0.717, 1.165) is 12.0 Å². The first kappa shape index (κ1) is 22.9. The summed E-state index contributed by atoms with van der Waals surface area (Å²) < 4.78 is 5.53. The van der Waals surface area contributed by atoms with Crippen LogP contribution in [-0.2, 0) is 4.74 Å². The molecule has 0 spiro atoms. The van der Waals surface area contributed by atoms with Crippen LogP contribution in [0.2, 0.25) is 0 Å². The van der Waals surface area contributed by atoms with E-state index in [9.17, 15) is 9.90 Å². The smallest absolute Gasteiger partial charge is 0.411 e. The molecule has 10 nitrogen and oxygen atoms in total. The van der Waals surface area contributed by atoms with E-state index in [4.69, 9.17) is 20.7 Å². The van der Waals surface area contributed by atoms with Gasteiger partial charge in [0.05, 0.1) is 24.2 Å². The minimum absolute atomic E-state index is 0.102. The predicted octanol–water partition coefficient (Wildman–Crippen LogP) is 1.68. The van der Waals surface area contributed by atoms with Crippen molar-refractivity contribution in [3.05, 3.63) is 18.1 Å². The molecule has 162 valence electrons. The third-order valence-electron chi connectivity index (χ3n) is 4.20. The molecule has 1 aliphatic rings. The Morgan fingerprint density at radius 3 is 2.45 bits per heavy atom. The number of anilines is 1. The number of hydrogen-bond acceptors (Lipinski definition) is 8. The van der Waals surface area contributed by atoms with Crippen LogP contribution in [0.5, 0.6) is 0 Å². The second-order valence-electron chi connectivity index (χ2n) is 8.54. The summed E-state index contributed by atoms with van der Waals surface area (Å²) in [6.45, 7) is 7.96. The summed E-state index contributed by atoms with van der Waals surface area (Å²) in [7, 11) is 0. The number of aliphatic hydroxyl groups is 3. The van der Waals surface area contributed by atoms with Crippen LogP contribution in [0.15, 0.2) is 12.5 Å². The second kappa shape index (κ2) is 8.52. The number of amides is 1. The van der Waals surface area contributed by atoms with E-state index >= 15 is 0 Å². The lowest BCUT2D eigenvalue weighted by Crippen LogP contribution is -2.42. The van der Waals surface area contributed by atoms with Gasteiger partial charge in [-0.2, -0.15) is 0 Å². The van der Waals surface area contributed by atoms with Crippen molar-refractivity contribution in [3.8, 4) is 0 Å². The number of nitrogens with zero attached hydrogens (tertiary/aromatic N) is 3. The van der Waals surface area contributed by atoms with E-state index < -0.39 is 17.5 Å². The Balaban J connectivity index is 0.000000537. The van der Waals surface area contributed by atoms with Crippen LogP contribution in [0.1, 0.15) is 59.1 Å². The number of rotatable bonds is 2. The summed E-state index contributed by atoms with van der Waals surface area (Å²) >= 11 is 0. The lowest BCUT2D eigenvalue weighted by molar-refractivity contribution is -0.127. The van der Waals surface area contributed by atoms with Crippen molar-refractivity contribution in [1.82, 2.24) is 19.9 Å². The van der Waals surface area contributed by atoms with E-state index in [1.165, 1.54) is 20.2 Å². The molecule has 29 heavy (non-hydrogen) atoms. The van der Waals surface area contributed by atoms with Crippen LogP contribution in [-0.4, -0.2) is 65.3 Å². The average Bonchev–Trinajstić information content (AvgIpc) is 3.15. The maximum Gasteiger partial charge on any atom is 0.411 e. The highest BCUT2D eigenvalue weighted by Gasteiger charge is 2.41. The van der Waals surface area contributed by atoms with Gasteiger partial charge in [0, 0.05) is 11.8 Å². The molecule has 1 fully saturated rings. The Morgan fingerprint density at radius 1 is 1.28 bits per heavy atom. The normalized spacial score (nSPS) is 19.8. The van der Waals surface area contributed by atoms with Gasteiger partial charge in [-0.05, 0) is 47.5 Å². The summed E-state index contributed by atoms with van der Waals surface area (Å²) in [6, 6.07) is -0.492. The van der Waals surface area contributed by atoms with Crippen LogP contribution in [0.4, 0.5) is 10.6 Å². The number of likely N-dealkylation sites (tertiary alicyclic amines) is 1. The molecule has 1 amide bonds. The molecule has 10 heteroatoms. The van der Waals surface area contributed by atoms with Gasteiger partial charge in [-0.15, -0.1) is 0 Å². The van der Waals surface area contributed by atoms with E-state index in [2.05, 4.69) is 15.0 Å². The first-order chi connectivity index (χ1) is 13.3. The number of aliphatic hydroxyl groups excluding tert-OH is 1. The molecule has 3 rings (SSSR count). The van der Waals surface area contributed by atoms with E-state index in [1.54, 1.807) is 11.1 Å². The largest absolute Gasteiger partial charge is 0.444 e. The monoisotopic (exact) mass is 409 g/mol. The minimum Gasteiger partial charge on any atom is -0.444 e. The van der Waals surface area contributed by atoms with E-state index in [-0.39, 0.29) is 18.7 Å². The molecule has 2 unspecified atom stereocenters. The molecule has 2 aromatic heterocycles. The SMILES string of the molecule is CC(C)(C)OC(=O)N1C(CO)CCC1c1c[nH]c2c(N)ncnc12.CC(C)(O)O. The number of hydrogen-bond donors (Lipinski definition) is 5. The molecule has 0 aliphatic carbocycles. The lowest BCUT2D eigenvalue weighted by atomic mass is 10.1. The van der Waals surface area contributed by atoms with Crippen molar-refractivity contribution in [2.75, 3.05) is 12.3 Å². The number of fused-ring (bicyclic) bond motifs is 1. The number of carbonyl (C=O) groups is 1. The van der Waals surface area contributed by atoms with Gasteiger partial charge in [0.25, 0.3) is 0 Å². The van der Waals surface area contributed by atoms with Crippen molar-refractivity contribution < 1.29 is 24.9 Å². The quantitative estimate of drug-likeness (QED) is 0.469. The van der Waals surface area contributed by atoms with Crippen molar-refractivity contribution in [1.29, 1.82) is 0 Å². The summed E-state index contributed by atoms with van der Waals surface area (Å²) in [6.07, 6.45) is 4.21. The van der Waals surface area contributed by atoms with Crippen LogP contribution in [0.25, 0.3) is 11.0 Å². The van der Waals surface area contributed by atoms with Crippen molar-refractivity contribution in [2.24, 2.45) is 0 Å². The number of aromatic amines is 1. The number of nitrogens with one attached hydrogen (secondary N) is 1. The third-order valence-corrected chi connectivity index (χ3v) is 4.20. The average molecular weight is 409 g/mol. The summed E-state index contributed by atoms with van der Waals surface area (Å²) in [4.78, 5) is 25.6. The van der Waals surface area contributed by atoms with Crippen molar-refractivity contribution >= 4 is 22.9 Å². The molecular formula is C19H31N5O5. The fraction of sp³-hybridized carbons (Fsp3) is 0.632.